The fourth-order valence-corrected chi connectivity index (χ4v) is 2.72. The monoisotopic (exact) mass is 270 g/mol. The molecule has 2 rings (SSSR count). The third-order valence-electron chi connectivity index (χ3n) is 2.78. The number of benzene rings is 1. The van der Waals surface area contributed by atoms with Crippen LogP contribution in [0.4, 0.5) is 0 Å². The summed E-state index contributed by atoms with van der Waals surface area (Å²) in [6.45, 7) is 2.62. The molecule has 0 aliphatic heterocycles. The highest BCUT2D eigenvalue weighted by atomic mass is 79.9. The third kappa shape index (κ3) is 2.18. The van der Waals surface area contributed by atoms with E-state index in [1.165, 1.54) is 5.56 Å². The Morgan fingerprint density at radius 1 is 1.53 bits per heavy atom. The van der Waals surface area contributed by atoms with Crippen LogP contribution in [0, 0.1) is 0 Å². The van der Waals surface area contributed by atoms with Crippen molar-refractivity contribution in [3.05, 3.63) is 27.7 Å². The fourth-order valence-electron chi connectivity index (χ4n) is 2.07. The van der Waals surface area contributed by atoms with E-state index in [0.717, 1.165) is 35.0 Å². The van der Waals surface area contributed by atoms with Gasteiger partial charge in [0.05, 0.1) is 12.7 Å². The van der Waals surface area contributed by atoms with Gasteiger partial charge in [-0.1, -0.05) is 15.9 Å². The van der Waals surface area contributed by atoms with Gasteiger partial charge in [0.2, 0.25) is 0 Å². The summed E-state index contributed by atoms with van der Waals surface area (Å²) in [5.41, 5.74) is 2.26. The topological polar surface area (TPSA) is 29.5 Å². The summed E-state index contributed by atoms with van der Waals surface area (Å²) >= 11 is 3.54. The number of ether oxygens (including phenoxy) is 1. The van der Waals surface area contributed by atoms with Crippen molar-refractivity contribution < 1.29 is 9.84 Å². The minimum Gasteiger partial charge on any atom is -0.494 e. The number of fused-ring (bicyclic) bond motifs is 1. The lowest BCUT2D eigenvalue weighted by Gasteiger charge is -2.23. The molecule has 0 heterocycles. The Hall–Kier alpha value is -0.540. The summed E-state index contributed by atoms with van der Waals surface area (Å²) in [7, 11) is 0. The van der Waals surface area contributed by atoms with E-state index in [9.17, 15) is 5.11 Å². The summed E-state index contributed by atoms with van der Waals surface area (Å²) in [6.07, 6.45) is 2.63. The minimum absolute atomic E-state index is 0.328. The van der Waals surface area contributed by atoms with Gasteiger partial charge in [-0.25, -0.2) is 0 Å². The molecule has 1 atom stereocenters. The van der Waals surface area contributed by atoms with Gasteiger partial charge < -0.3 is 9.84 Å². The first kappa shape index (κ1) is 11.0. The van der Waals surface area contributed by atoms with Gasteiger partial charge in [0.15, 0.2) is 0 Å². The lowest BCUT2D eigenvalue weighted by molar-refractivity contribution is 0.156. The Morgan fingerprint density at radius 3 is 3.07 bits per heavy atom. The van der Waals surface area contributed by atoms with Crippen LogP contribution in [0.3, 0.4) is 0 Å². The van der Waals surface area contributed by atoms with Gasteiger partial charge >= 0.3 is 0 Å². The van der Waals surface area contributed by atoms with E-state index in [4.69, 9.17) is 4.74 Å². The first-order valence-electron chi connectivity index (χ1n) is 5.35. The maximum atomic E-state index is 9.90. The molecule has 82 valence electrons. The van der Waals surface area contributed by atoms with Crippen LogP contribution in [0.2, 0.25) is 0 Å². The van der Waals surface area contributed by atoms with Crippen molar-refractivity contribution in [3.63, 3.8) is 0 Å². The summed E-state index contributed by atoms with van der Waals surface area (Å²) in [4.78, 5) is 0. The molecule has 2 nitrogen and oxygen atoms in total. The van der Waals surface area contributed by atoms with Crippen LogP contribution >= 0.6 is 15.9 Å². The number of hydrogen-bond donors (Lipinski definition) is 1. The van der Waals surface area contributed by atoms with Crippen LogP contribution < -0.4 is 4.74 Å². The second-order valence-corrected chi connectivity index (χ2v) is 4.67. The van der Waals surface area contributed by atoms with Crippen molar-refractivity contribution in [2.75, 3.05) is 6.61 Å². The predicted octanol–water partition coefficient (Wildman–Crippen LogP) is 3.22. The Morgan fingerprint density at radius 2 is 2.33 bits per heavy atom. The Labute approximate surface area is 98.4 Å². The molecule has 0 saturated heterocycles. The van der Waals surface area contributed by atoms with E-state index in [0.29, 0.717) is 6.61 Å². The normalized spacial score (nSPS) is 19.8. The van der Waals surface area contributed by atoms with Crippen molar-refractivity contribution in [1.82, 2.24) is 0 Å². The first-order valence-corrected chi connectivity index (χ1v) is 6.15. The first-order chi connectivity index (χ1) is 7.22. The average Bonchev–Trinajstić information content (AvgIpc) is 2.20. The van der Waals surface area contributed by atoms with Gasteiger partial charge in [0.25, 0.3) is 0 Å². The highest BCUT2D eigenvalue weighted by Gasteiger charge is 2.20. The van der Waals surface area contributed by atoms with E-state index in [2.05, 4.69) is 15.9 Å². The maximum absolute atomic E-state index is 9.90. The Bertz CT molecular complexity index is 363. The zero-order chi connectivity index (χ0) is 10.8. The van der Waals surface area contributed by atoms with Gasteiger partial charge in [-0.2, -0.15) is 0 Å². The molecule has 1 aromatic rings. The molecule has 3 heteroatoms. The van der Waals surface area contributed by atoms with Crippen molar-refractivity contribution in [1.29, 1.82) is 0 Å². The molecule has 15 heavy (non-hydrogen) atoms. The molecule has 1 N–H and O–H groups in total. The smallest absolute Gasteiger partial charge is 0.120 e. The van der Waals surface area contributed by atoms with Crippen LogP contribution in [0.1, 0.15) is 37.0 Å². The number of aliphatic hydroxyl groups excluding tert-OH is 1. The summed E-state index contributed by atoms with van der Waals surface area (Å²) in [5, 5.41) is 9.90. The largest absolute Gasteiger partial charge is 0.494 e. The number of rotatable bonds is 2. The lowest BCUT2D eigenvalue weighted by Crippen LogP contribution is -2.10. The van der Waals surface area contributed by atoms with Gasteiger partial charge in [-0.15, -0.1) is 0 Å². The Kier molecular flexibility index (Phi) is 3.32. The highest BCUT2D eigenvalue weighted by Crippen LogP contribution is 2.37. The van der Waals surface area contributed by atoms with Crippen LogP contribution in [0.15, 0.2) is 16.6 Å². The third-order valence-corrected chi connectivity index (χ3v) is 3.49. The van der Waals surface area contributed by atoms with Crippen molar-refractivity contribution in [2.45, 2.75) is 32.3 Å². The van der Waals surface area contributed by atoms with Gasteiger partial charge in [-0.3, -0.25) is 0 Å². The standard InChI is InChI=1S/C12H15BrO2/c1-2-15-8-6-10-9(11(13)7-8)4-3-5-12(10)14/h6-7,12,14H,2-5H2,1H3/t12-/m0/s1. The molecule has 0 amide bonds. The zero-order valence-corrected chi connectivity index (χ0v) is 10.4. The average molecular weight is 271 g/mol. The molecule has 1 aromatic carbocycles. The molecule has 0 fully saturated rings. The van der Waals surface area contributed by atoms with Crippen LogP contribution in [-0.2, 0) is 6.42 Å². The molecular weight excluding hydrogens is 256 g/mol. The molecule has 1 aliphatic rings. The summed E-state index contributed by atoms with van der Waals surface area (Å²) in [6, 6.07) is 3.95. The molecule has 0 aromatic heterocycles. The minimum atomic E-state index is -0.328. The maximum Gasteiger partial charge on any atom is 0.120 e. The number of hydrogen-bond acceptors (Lipinski definition) is 2. The van der Waals surface area contributed by atoms with Gasteiger partial charge in [0, 0.05) is 4.47 Å². The van der Waals surface area contributed by atoms with Crippen LogP contribution in [0.5, 0.6) is 5.75 Å². The summed E-state index contributed by atoms with van der Waals surface area (Å²) < 4.78 is 6.52. The van der Waals surface area contributed by atoms with Gasteiger partial charge in [-0.05, 0) is 49.4 Å². The van der Waals surface area contributed by atoms with Crippen molar-refractivity contribution in [3.8, 4) is 5.75 Å². The van der Waals surface area contributed by atoms with Gasteiger partial charge in [0.1, 0.15) is 5.75 Å². The molecular formula is C12H15BrO2. The molecule has 0 radical (unpaired) electrons. The molecule has 0 unspecified atom stereocenters. The quantitative estimate of drug-likeness (QED) is 0.894. The molecule has 1 aliphatic carbocycles. The predicted molar refractivity (Wildman–Crippen MR) is 63.2 cm³/mol. The van der Waals surface area contributed by atoms with Crippen LogP contribution in [0.25, 0.3) is 0 Å². The second kappa shape index (κ2) is 4.54. The second-order valence-electron chi connectivity index (χ2n) is 3.81. The highest BCUT2D eigenvalue weighted by molar-refractivity contribution is 9.10. The molecule has 0 spiro atoms. The molecule has 0 bridgehead atoms. The fraction of sp³-hybridized carbons (Fsp3) is 0.500. The van der Waals surface area contributed by atoms with Crippen molar-refractivity contribution >= 4 is 15.9 Å². The van der Waals surface area contributed by atoms with E-state index < -0.39 is 0 Å². The van der Waals surface area contributed by atoms with Crippen molar-refractivity contribution in [2.24, 2.45) is 0 Å². The van der Waals surface area contributed by atoms with E-state index in [1.54, 1.807) is 0 Å². The zero-order valence-electron chi connectivity index (χ0n) is 8.79. The van der Waals surface area contributed by atoms with E-state index >= 15 is 0 Å². The number of aliphatic hydroxyl groups is 1. The van der Waals surface area contributed by atoms with Crippen LogP contribution in [-0.4, -0.2) is 11.7 Å². The lowest BCUT2D eigenvalue weighted by atomic mass is 9.89. The SMILES string of the molecule is CCOc1cc(Br)c2c(c1)[C@@H](O)CCC2. The molecule has 0 saturated carbocycles. The Balaban J connectivity index is 2.42. The van der Waals surface area contributed by atoms with E-state index in [-0.39, 0.29) is 6.10 Å². The number of halogens is 1. The summed E-state index contributed by atoms with van der Waals surface area (Å²) in [5.74, 6) is 0.837. The van der Waals surface area contributed by atoms with E-state index in [1.807, 2.05) is 19.1 Å².